The number of benzene rings is 1. The maximum absolute atomic E-state index is 11.4. The van der Waals surface area contributed by atoms with E-state index >= 15 is 0 Å². The summed E-state index contributed by atoms with van der Waals surface area (Å²) in [7, 11) is -3.07. The van der Waals surface area contributed by atoms with Gasteiger partial charge in [0.2, 0.25) is 0 Å². The van der Waals surface area contributed by atoms with E-state index < -0.39 is 15.3 Å². The molecule has 0 aromatic heterocycles. The van der Waals surface area contributed by atoms with E-state index in [-0.39, 0.29) is 5.75 Å². The highest BCUT2D eigenvalue weighted by Crippen LogP contribution is 2.17. The Morgan fingerprint density at radius 1 is 1.33 bits per heavy atom. The van der Waals surface area contributed by atoms with Crippen molar-refractivity contribution in [1.29, 1.82) is 0 Å². The average molecular weight is 224 g/mol. The van der Waals surface area contributed by atoms with Crippen molar-refractivity contribution in [1.82, 2.24) is 0 Å². The zero-order chi connectivity index (χ0) is 10.7. The second kappa shape index (κ2) is 4.16. The van der Waals surface area contributed by atoms with Crippen LogP contribution in [0.1, 0.15) is 5.56 Å². The van der Waals surface area contributed by atoms with Crippen molar-refractivity contribution in [2.24, 2.45) is 0 Å². The minimum atomic E-state index is -3.07. The van der Waals surface area contributed by atoms with Crippen LogP contribution in [0.25, 0.3) is 6.08 Å². The van der Waals surface area contributed by atoms with Gasteiger partial charge >= 0.3 is 0 Å². The second-order valence-corrected chi connectivity index (χ2v) is 5.59. The lowest BCUT2D eigenvalue weighted by Crippen LogP contribution is -2.10. The zero-order valence-corrected chi connectivity index (χ0v) is 8.98. The summed E-state index contributed by atoms with van der Waals surface area (Å²) < 4.78 is 27.6. The maximum Gasteiger partial charge on any atom is 0.182 e. The van der Waals surface area contributed by atoms with E-state index in [0.29, 0.717) is 6.61 Å². The number of ether oxygens (including phenoxy) is 1. The van der Waals surface area contributed by atoms with Crippen molar-refractivity contribution < 1.29 is 13.2 Å². The predicted molar refractivity (Wildman–Crippen MR) is 59.0 cm³/mol. The number of epoxide rings is 1. The Labute approximate surface area is 89.3 Å². The lowest BCUT2D eigenvalue weighted by Gasteiger charge is -1.94. The Morgan fingerprint density at radius 3 is 2.60 bits per heavy atom. The highest BCUT2D eigenvalue weighted by atomic mass is 32.2. The number of rotatable bonds is 4. The summed E-state index contributed by atoms with van der Waals surface area (Å²) in [6, 6.07) is 9.61. The summed E-state index contributed by atoms with van der Waals surface area (Å²) in [4.78, 5) is 0. The van der Waals surface area contributed by atoms with Gasteiger partial charge in [0.25, 0.3) is 0 Å². The van der Waals surface area contributed by atoms with Crippen LogP contribution >= 0.6 is 0 Å². The third-order valence-electron chi connectivity index (χ3n) is 2.14. The summed E-state index contributed by atoms with van der Waals surface area (Å²) in [5.74, 6) is 0.0482. The minimum absolute atomic E-state index is 0.0482. The molecule has 2 rings (SSSR count). The molecule has 1 atom stereocenters. The van der Waals surface area contributed by atoms with Gasteiger partial charge in [0.15, 0.2) is 15.3 Å². The highest BCUT2D eigenvalue weighted by Gasteiger charge is 2.36. The Balaban J connectivity index is 1.96. The van der Waals surface area contributed by atoms with E-state index in [1.807, 2.05) is 30.3 Å². The van der Waals surface area contributed by atoms with Crippen LogP contribution in [0, 0.1) is 0 Å². The molecular weight excluding hydrogens is 212 g/mol. The summed E-state index contributed by atoms with van der Waals surface area (Å²) in [5.41, 5.74) is 0.447. The first-order valence-corrected chi connectivity index (χ1v) is 6.45. The van der Waals surface area contributed by atoms with Crippen molar-refractivity contribution in [3.05, 3.63) is 42.0 Å². The van der Waals surface area contributed by atoms with Crippen LogP contribution in [0.2, 0.25) is 0 Å². The molecule has 0 saturated carbocycles. The van der Waals surface area contributed by atoms with Crippen LogP contribution in [0.3, 0.4) is 0 Å². The molecule has 4 heteroatoms. The Bertz CT molecular complexity index is 444. The summed E-state index contributed by atoms with van der Waals surface area (Å²) in [5, 5.41) is 0. The fourth-order valence-electron chi connectivity index (χ4n) is 1.24. The van der Waals surface area contributed by atoms with E-state index in [1.54, 1.807) is 12.2 Å². The fraction of sp³-hybridized carbons (Fsp3) is 0.273. The first kappa shape index (κ1) is 10.4. The van der Waals surface area contributed by atoms with Crippen LogP contribution in [0.4, 0.5) is 0 Å². The second-order valence-electron chi connectivity index (χ2n) is 3.41. The number of sulfone groups is 1. The molecule has 1 saturated heterocycles. The molecule has 3 nitrogen and oxygen atoms in total. The van der Waals surface area contributed by atoms with Gasteiger partial charge in [0.1, 0.15) is 0 Å². The summed E-state index contributed by atoms with van der Waals surface area (Å²) >= 11 is 0. The van der Waals surface area contributed by atoms with Crippen molar-refractivity contribution in [3.8, 4) is 0 Å². The molecular formula is C11H12O3S. The molecule has 1 aromatic carbocycles. The molecule has 1 aromatic rings. The molecule has 0 spiro atoms. The molecule has 0 amide bonds. The van der Waals surface area contributed by atoms with E-state index in [9.17, 15) is 8.42 Å². The molecule has 0 bridgehead atoms. The minimum Gasteiger partial charge on any atom is -0.356 e. The summed E-state index contributed by atoms with van der Waals surface area (Å²) in [6.45, 7) is 0.349. The van der Waals surface area contributed by atoms with Crippen LogP contribution in [0.5, 0.6) is 0 Å². The first-order valence-electron chi connectivity index (χ1n) is 4.73. The fourth-order valence-corrected chi connectivity index (χ4v) is 2.31. The van der Waals surface area contributed by atoms with Crippen LogP contribution in [0.15, 0.2) is 36.4 Å². The third-order valence-corrected chi connectivity index (χ3v) is 3.87. The maximum atomic E-state index is 11.4. The standard InChI is InChI=1S/C11H12O3S/c12-15(13,11-9-14-11)8-4-7-10-5-2-1-3-6-10/h1-7,11H,8-9H2/b7-4+. The van der Waals surface area contributed by atoms with Gasteiger partial charge in [0.05, 0.1) is 12.4 Å². The van der Waals surface area contributed by atoms with Gasteiger partial charge in [0, 0.05) is 0 Å². The normalized spacial score (nSPS) is 20.7. The third kappa shape index (κ3) is 2.91. The van der Waals surface area contributed by atoms with E-state index in [0.717, 1.165) is 5.56 Å². The smallest absolute Gasteiger partial charge is 0.182 e. The molecule has 0 N–H and O–H groups in total. The lowest BCUT2D eigenvalue weighted by atomic mass is 10.2. The van der Waals surface area contributed by atoms with Crippen LogP contribution < -0.4 is 0 Å². The monoisotopic (exact) mass is 224 g/mol. The quantitative estimate of drug-likeness (QED) is 0.728. The van der Waals surface area contributed by atoms with E-state index in [4.69, 9.17) is 4.74 Å². The SMILES string of the molecule is O=S(=O)(C/C=C/c1ccccc1)C1CO1. The molecule has 1 aliphatic heterocycles. The predicted octanol–water partition coefficient (Wildman–Crippen LogP) is 1.47. The van der Waals surface area contributed by atoms with Gasteiger partial charge in [-0.1, -0.05) is 42.5 Å². The Morgan fingerprint density at radius 2 is 2.00 bits per heavy atom. The zero-order valence-electron chi connectivity index (χ0n) is 8.17. The largest absolute Gasteiger partial charge is 0.356 e. The van der Waals surface area contributed by atoms with Crippen LogP contribution in [-0.4, -0.2) is 26.2 Å². The van der Waals surface area contributed by atoms with Gasteiger partial charge in [-0.2, -0.15) is 0 Å². The Hall–Kier alpha value is -1.13. The number of hydrogen-bond acceptors (Lipinski definition) is 3. The number of hydrogen-bond donors (Lipinski definition) is 0. The lowest BCUT2D eigenvalue weighted by molar-refractivity contribution is 0.445. The molecule has 80 valence electrons. The molecule has 1 heterocycles. The molecule has 0 aliphatic carbocycles. The van der Waals surface area contributed by atoms with Crippen molar-refractivity contribution in [2.75, 3.05) is 12.4 Å². The van der Waals surface area contributed by atoms with Crippen molar-refractivity contribution in [2.45, 2.75) is 5.44 Å². The first-order chi connectivity index (χ1) is 7.18. The Kier molecular flexibility index (Phi) is 2.88. The van der Waals surface area contributed by atoms with Gasteiger partial charge < -0.3 is 4.74 Å². The van der Waals surface area contributed by atoms with E-state index in [2.05, 4.69) is 0 Å². The van der Waals surface area contributed by atoms with Crippen molar-refractivity contribution >= 4 is 15.9 Å². The van der Waals surface area contributed by atoms with E-state index in [1.165, 1.54) is 0 Å². The molecule has 1 aliphatic rings. The molecule has 0 radical (unpaired) electrons. The molecule has 1 unspecified atom stereocenters. The summed E-state index contributed by atoms with van der Waals surface area (Å²) in [6.07, 6.45) is 3.46. The van der Waals surface area contributed by atoms with Crippen LogP contribution in [-0.2, 0) is 14.6 Å². The van der Waals surface area contributed by atoms with Crippen molar-refractivity contribution in [3.63, 3.8) is 0 Å². The molecule has 1 fully saturated rings. The average Bonchev–Trinajstić information content (AvgIpc) is 3.02. The van der Waals surface area contributed by atoms with Gasteiger partial charge in [-0.15, -0.1) is 0 Å². The van der Waals surface area contributed by atoms with Gasteiger partial charge in [-0.25, -0.2) is 8.42 Å². The van der Waals surface area contributed by atoms with Gasteiger partial charge in [-0.05, 0) is 5.56 Å². The molecule has 15 heavy (non-hydrogen) atoms. The topological polar surface area (TPSA) is 46.7 Å². The highest BCUT2D eigenvalue weighted by molar-refractivity contribution is 7.92. The van der Waals surface area contributed by atoms with Gasteiger partial charge in [-0.3, -0.25) is 0 Å².